The van der Waals surface area contributed by atoms with Crippen LogP contribution in [0.1, 0.15) is 51.1 Å². The Kier molecular flexibility index (Phi) is 3.41. The van der Waals surface area contributed by atoms with Crippen LogP contribution in [0.25, 0.3) is 0 Å². The second-order valence-corrected chi connectivity index (χ2v) is 5.18. The molecule has 0 fully saturated rings. The first-order valence-corrected chi connectivity index (χ1v) is 5.45. The molecule has 0 amide bonds. The zero-order valence-corrected chi connectivity index (χ0v) is 10.9. The summed E-state index contributed by atoms with van der Waals surface area (Å²) in [6, 6.07) is 0.144. The van der Waals surface area contributed by atoms with Gasteiger partial charge < -0.3 is 4.74 Å². The third kappa shape index (κ3) is 2.26. The number of carbonyl (C=O) groups is 1. The molecule has 4 nitrogen and oxygen atoms in total. The van der Waals surface area contributed by atoms with E-state index in [9.17, 15) is 4.79 Å². The van der Waals surface area contributed by atoms with E-state index in [1.165, 1.54) is 0 Å². The minimum absolute atomic E-state index is 0.0514. The van der Waals surface area contributed by atoms with Crippen LogP contribution in [0, 0.1) is 5.41 Å². The number of rotatable bonds is 3. The van der Waals surface area contributed by atoms with Crippen LogP contribution in [0.15, 0.2) is 6.20 Å². The van der Waals surface area contributed by atoms with Crippen LogP contribution in [-0.2, 0) is 0 Å². The van der Waals surface area contributed by atoms with Gasteiger partial charge in [0.1, 0.15) is 5.69 Å². The van der Waals surface area contributed by atoms with Gasteiger partial charge in [0.25, 0.3) is 0 Å². The predicted octanol–water partition coefficient (Wildman–Crippen LogP) is 2.70. The van der Waals surface area contributed by atoms with Crippen LogP contribution in [0.4, 0.5) is 0 Å². The number of carbonyl (C=O) groups excluding carboxylic acids is 1. The SMILES string of the molecule is COc1cnn(C(C)C)c1C(=O)C(C)(C)C. The van der Waals surface area contributed by atoms with Crippen molar-refractivity contribution in [1.29, 1.82) is 0 Å². The lowest BCUT2D eigenvalue weighted by Gasteiger charge is -2.19. The number of hydrogen-bond donors (Lipinski definition) is 0. The minimum atomic E-state index is -0.431. The number of hydrogen-bond acceptors (Lipinski definition) is 3. The van der Waals surface area contributed by atoms with Crippen LogP contribution in [0.3, 0.4) is 0 Å². The molecule has 0 aliphatic carbocycles. The highest BCUT2D eigenvalue weighted by Gasteiger charge is 2.30. The predicted molar refractivity (Wildman–Crippen MR) is 62.9 cm³/mol. The molecular weight excluding hydrogens is 204 g/mol. The van der Waals surface area contributed by atoms with Crippen LogP contribution in [0.5, 0.6) is 5.75 Å². The van der Waals surface area contributed by atoms with Gasteiger partial charge in [-0.15, -0.1) is 0 Å². The molecule has 1 rings (SSSR count). The fraction of sp³-hybridized carbons (Fsp3) is 0.667. The largest absolute Gasteiger partial charge is 0.493 e. The Morgan fingerprint density at radius 1 is 1.44 bits per heavy atom. The summed E-state index contributed by atoms with van der Waals surface area (Å²) < 4.78 is 6.90. The number of ether oxygens (including phenoxy) is 1. The molecule has 0 N–H and O–H groups in total. The molecule has 0 aliphatic heterocycles. The van der Waals surface area contributed by atoms with Gasteiger partial charge in [0.2, 0.25) is 0 Å². The van der Waals surface area contributed by atoms with Gasteiger partial charge >= 0.3 is 0 Å². The standard InChI is InChI=1S/C12H20N2O2/c1-8(2)14-10(9(16-6)7-13-14)11(15)12(3,4)5/h7-8H,1-6H3. The minimum Gasteiger partial charge on any atom is -0.493 e. The van der Waals surface area contributed by atoms with E-state index < -0.39 is 5.41 Å². The van der Waals surface area contributed by atoms with Gasteiger partial charge in [0, 0.05) is 11.5 Å². The Balaban J connectivity index is 3.29. The Morgan fingerprint density at radius 2 is 2.00 bits per heavy atom. The lowest BCUT2D eigenvalue weighted by molar-refractivity contribution is 0.0841. The molecular formula is C12H20N2O2. The van der Waals surface area contributed by atoms with E-state index in [-0.39, 0.29) is 11.8 Å². The first-order valence-electron chi connectivity index (χ1n) is 5.45. The van der Waals surface area contributed by atoms with Crippen molar-refractivity contribution < 1.29 is 9.53 Å². The van der Waals surface area contributed by atoms with E-state index in [1.807, 2.05) is 34.6 Å². The number of aromatic nitrogens is 2. The summed E-state index contributed by atoms with van der Waals surface area (Å²) in [7, 11) is 1.56. The van der Waals surface area contributed by atoms with Crippen LogP contribution in [0.2, 0.25) is 0 Å². The molecule has 1 heterocycles. The molecule has 0 radical (unpaired) electrons. The third-order valence-corrected chi connectivity index (χ3v) is 2.37. The molecule has 0 saturated heterocycles. The lowest BCUT2D eigenvalue weighted by Crippen LogP contribution is -2.25. The smallest absolute Gasteiger partial charge is 0.189 e. The fourth-order valence-electron chi connectivity index (χ4n) is 1.46. The van der Waals surface area contributed by atoms with E-state index in [0.29, 0.717) is 11.4 Å². The van der Waals surface area contributed by atoms with E-state index in [0.717, 1.165) is 0 Å². The van der Waals surface area contributed by atoms with Crippen molar-refractivity contribution in [1.82, 2.24) is 9.78 Å². The number of ketones is 1. The Morgan fingerprint density at radius 3 is 2.38 bits per heavy atom. The van der Waals surface area contributed by atoms with Crippen LogP contribution >= 0.6 is 0 Å². The summed E-state index contributed by atoms with van der Waals surface area (Å²) in [5, 5.41) is 4.19. The van der Waals surface area contributed by atoms with Gasteiger partial charge in [-0.2, -0.15) is 5.10 Å². The van der Waals surface area contributed by atoms with Crippen LogP contribution in [-0.4, -0.2) is 22.7 Å². The second kappa shape index (κ2) is 4.28. The monoisotopic (exact) mass is 224 g/mol. The van der Waals surface area contributed by atoms with Gasteiger partial charge in [-0.3, -0.25) is 9.48 Å². The van der Waals surface area contributed by atoms with Gasteiger partial charge in [-0.25, -0.2) is 0 Å². The zero-order valence-electron chi connectivity index (χ0n) is 10.9. The first kappa shape index (κ1) is 12.7. The summed E-state index contributed by atoms with van der Waals surface area (Å²) in [4.78, 5) is 12.3. The molecule has 90 valence electrons. The molecule has 0 bridgehead atoms. The Labute approximate surface area is 96.6 Å². The summed E-state index contributed by atoms with van der Waals surface area (Å²) in [6.07, 6.45) is 1.60. The van der Waals surface area contributed by atoms with Crippen LogP contribution < -0.4 is 4.74 Å². The summed E-state index contributed by atoms with van der Waals surface area (Å²) in [5.41, 5.74) is 0.130. The average Bonchev–Trinajstić information content (AvgIpc) is 2.57. The highest BCUT2D eigenvalue weighted by Crippen LogP contribution is 2.28. The van der Waals surface area contributed by atoms with Gasteiger partial charge in [-0.05, 0) is 13.8 Å². The summed E-state index contributed by atoms with van der Waals surface area (Å²) >= 11 is 0. The zero-order chi connectivity index (χ0) is 12.5. The van der Waals surface area contributed by atoms with Crippen molar-refractivity contribution in [3.63, 3.8) is 0 Å². The van der Waals surface area contributed by atoms with Crippen molar-refractivity contribution in [3.05, 3.63) is 11.9 Å². The molecule has 0 spiro atoms. The molecule has 0 saturated carbocycles. The summed E-state index contributed by atoms with van der Waals surface area (Å²) in [6.45, 7) is 9.67. The lowest BCUT2D eigenvalue weighted by atomic mass is 9.88. The molecule has 16 heavy (non-hydrogen) atoms. The number of methoxy groups -OCH3 is 1. The number of nitrogens with zero attached hydrogens (tertiary/aromatic N) is 2. The number of Topliss-reactive ketones (excluding diaryl/α,β-unsaturated/α-hetero) is 1. The topological polar surface area (TPSA) is 44.1 Å². The first-order chi connectivity index (χ1) is 7.29. The second-order valence-electron chi connectivity index (χ2n) is 5.18. The molecule has 1 aromatic rings. The highest BCUT2D eigenvalue weighted by atomic mass is 16.5. The van der Waals surface area contributed by atoms with Gasteiger partial charge in [-0.1, -0.05) is 20.8 Å². The van der Waals surface area contributed by atoms with Crippen molar-refractivity contribution in [2.75, 3.05) is 7.11 Å². The van der Waals surface area contributed by atoms with Gasteiger partial charge in [0.15, 0.2) is 11.5 Å². The van der Waals surface area contributed by atoms with Crippen molar-refractivity contribution in [2.45, 2.75) is 40.7 Å². The van der Waals surface area contributed by atoms with Crippen molar-refractivity contribution in [3.8, 4) is 5.75 Å². The maximum Gasteiger partial charge on any atom is 0.189 e. The molecule has 0 aromatic carbocycles. The maximum absolute atomic E-state index is 12.3. The Hall–Kier alpha value is -1.32. The fourth-order valence-corrected chi connectivity index (χ4v) is 1.46. The summed E-state index contributed by atoms with van der Waals surface area (Å²) in [5.74, 6) is 0.601. The van der Waals surface area contributed by atoms with E-state index in [4.69, 9.17) is 4.74 Å². The quantitative estimate of drug-likeness (QED) is 0.741. The molecule has 0 unspecified atom stereocenters. The van der Waals surface area contributed by atoms with E-state index in [2.05, 4.69) is 5.10 Å². The van der Waals surface area contributed by atoms with E-state index >= 15 is 0 Å². The maximum atomic E-state index is 12.3. The third-order valence-electron chi connectivity index (χ3n) is 2.37. The molecule has 0 atom stereocenters. The van der Waals surface area contributed by atoms with Gasteiger partial charge in [0.05, 0.1) is 13.3 Å². The van der Waals surface area contributed by atoms with E-state index in [1.54, 1.807) is 18.0 Å². The molecule has 4 heteroatoms. The van der Waals surface area contributed by atoms with Crippen molar-refractivity contribution in [2.24, 2.45) is 5.41 Å². The Bertz CT molecular complexity index is 386. The van der Waals surface area contributed by atoms with Crippen molar-refractivity contribution >= 4 is 5.78 Å². The average molecular weight is 224 g/mol. The molecule has 1 aromatic heterocycles. The normalized spacial score (nSPS) is 11.9. The molecule has 0 aliphatic rings. The highest BCUT2D eigenvalue weighted by molar-refractivity contribution is 6.00.